The third-order valence-electron chi connectivity index (χ3n) is 4.73. The normalized spacial score (nSPS) is 16.5. The third-order valence-corrected chi connectivity index (χ3v) is 4.73. The molecule has 1 saturated heterocycles. The van der Waals surface area contributed by atoms with E-state index in [0.29, 0.717) is 31.8 Å². The molecule has 1 aliphatic rings. The number of amides is 2. The van der Waals surface area contributed by atoms with Gasteiger partial charge in [0.05, 0.1) is 6.04 Å². The number of nitrogens with zero attached hydrogens (tertiary/aromatic N) is 1. The molecule has 2 rings (SSSR count). The summed E-state index contributed by atoms with van der Waals surface area (Å²) in [6, 6.07) is 5.50. The Morgan fingerprint density at radius 1 is 1.36 bits per heavy atom. The molecule has 0 spiro atoms. The molecular weight excluding hydrogens is 325 g/mol. The average molecular weight is 351 g/mol. The standard InChI is InChI=1S/C18H26FN3O3/c19-15-5-1-4-14(11-15)12-16(20)18(24)22-9-7-13(8-10-22)3-2-6-17(23)21-25/h1,4-5,11,13,16,25H,2-3,6-10,12,20H2,(H,21,23). The van der Waals surface area contributed by atoms with Crippen molar-refractivity contribution in [1.82, 2.24) is 10.4 Å². The number of nitrogens with one attached hydrogen (secondary N) is 1. The van der Waals surface area contributed by atoms with Crippen LogP contribution in [0, 0.1) is 11.7 Å². The van der Waals surface area contributed by atoms with E-state index in [2.05, 4.69) is 0 Å². The molecule has 1 unspecified atom stereocenters. The summed E-state index contributed by atoms with van der Waals surface area (Å²) in [4.78, 5) is 25.2. The van der Waals surface area contributed by atoms with E-state index in [-0.39, 0.29) is 17.6 Å². The number of hydroxylamine groups is 1. The summed E-state index contributed by atoms with van der Waals surface area (Å²) in [5.74, 6) is -0.305. The fraction of sp³-hybridized carbons (Fsp3) is 0.556. The minimum Gasteiger partial charge on any atom is -0.341 e. The van der Waals surface area contributed by atoms with Gasteiger partial charge in [0.25, 0.3) is 0 Å². The molecule has 1 fully saturated rings. The van der Waals surface area contributed by atoms with Crippen LogP contribution >= 0.6 is 0 Å². The van der Waals surface area contributed by atoms with Crippen molar-refractivity contribution >= 4 is 11.8 Å². The molecule has 1 aromatic carbocycles. The van der Waals surface area contributed by atoms with E-state index in [1.54, 1.807) is 22.5 Å². The Morgan fingerprint density at radius 3 is 2.72 bits per heavy atom. The second kappa shape index (κ2) is 9.48. The van der Waals surface area contributed by atoms with Crippen molar-refractivity contribution in [3.05, 3.63) is 35.6 Å². The number of hydrogen-bond acceptors (Lipinski definition) is 4. The van der Waals surface area contributed by atoms with Crippen molar-refractivity contribution in [3.8, 4) is 0 Å². The highest BCUT2D eigenvalue weighted by molar-refractivity contribution is 5.82. The van der Waals surface area contributed by atoms with E-state index in [9.17, 15) is 14.0 Å². The first-order valence-corrected chi connectivity index (χ1v) is 8.71. The molecule has 1 aromatic rings. The smallest absolute Gasteiger partial charge is 0.243 e. The Kier molecular flexibility index (Phi) is 7.33. The first kappa shape index (κ1) is 19.3. The Bertz CT molecular complexity index is 589. The summed E-state index contributed by atoms with van der Waals surface area (Å²) in [7, 11) is 0. The van der Waals surface area contributed by atoms with E-state index in [0.717, 1.165) is 31.2 Å². The van der Waals surface area contributed by atoms with Gasteiger partial charge in [-0.25, -0.2) is 9.87 Å². The zero-order valence-corrected chi connectivity index (χ0v) is 14.3. The Labute approximate surface area is 147 Å². The number of piperidine rings is 1. The highest BCUT2D eigenvalue weighted by Gasteiger charge is 2.26. The number of benzene rings is 1. The van der Waals surface area contributed by atoms with Crippen LogP contribution in [0.15, 0.2) is 24.3 Å². The minimum atomic E-state index is -0.661. The number of rotatable bonds is 7. The maximum atomic E-state index is 13.2. The molecule has 25 heavy (non-hydrogen) atoms. The number of carbonyl (C=O) groups excluding carboxylic acids is 2. The largest absolute Gasteiger partial charge is 0.341 e. The summed E-state index contributed by atoms with van der Waals surface area (Å²) >= 11 is 0. The van der Waals surface area contributed by atoms with Crippen LogP contribution in [0.3, 0.4) is 0 Å². The van der Waals surface area contributed by atoms with Gasteiger partial charge in [0.2, 0.25) is 11.8 Å². The lowest BCUT2D eigenvalue weighted by Crippen LogP contribution is -2.48. The SMILES string of the molecule is NC(Cc1cccc(F)c1)C(=O)N1CCC(CCCC(=O)NO)CC1. The summed E-state index contributed by atoms with van der Waals surface area (Å²) in [6.07, 6.45) is 4.05. The van der Waals surface area contributed by atoms with Crippen molar-refractivity contribution in [2.24, 2.45) is 11.7 Å². The van der Waals surface area contributed by atoms with Gasteiger partial charge in [0, 0.05) is 19.5 Å². The predicted octanol–water partition coefficient (Wildman–Crippen LogP) is 1.61. The van der Waals surface area contributed by atoms with Crippen LogP contribution in [-0.4, -0.2) is 41.1 Å². The topological polar surface area (TPSA) is 95.7 Å². The summed E-state index contributed by atoms with van der Waals surface area (Å²) < 4.78 is 13.2. The molecule has 2 amide bonds. The Morgan fingerprint density at radius 2 is 2.08 bits per heavy atom. The Hall–Kier alpha value is -1.99. The van der Waals surface area contributed by atoms with Gasteiger partial charge in [-0.05, 0) is 55.7 Å². The zero-order valence-electron chi connectivity index (χ0n) is 14.3. The molecule has 0 saturated carbocycles. The van der Waals surface area contributed by atoms with Crippen molar-refractivity contribution < 1.29 is 19.2 Å². The van der Waals surface area contributed by atoms with Gasteiger partial charge in [0.15, 0.2) is 0 Å². The van der Waals surface area contributed by atoms with Gasteiger partial charge in [-0.1, -0.05) is 12.1 Å². The molecule has 4 N–H and O–H groups in total. The summed E-state index contributed by atoms with van der Waals surface area (Å²) in [5.41, 5.74) is 8.36. The zero-order chi connectivity index (χ0) is 18.2. The fourth-order valence-electron chi connectivity index (χ4n) is 3.29. The molecular formula is C18H26FN3O3. The monoisotopic (exact) mass is 351 g/mol. The second-order valence-corrected chi connectivity index (χ2v) is 6.64. The molecule has 138 valence electrons. The predicted molar refractivity (Wildman–Crippen MR) is 91.2 cm³/mol. The maximum Gasteiger partial charge on any atom is 0.243 e. The summed E-state index contributed by atoms with van der Waals surface area (Å²) in [5, 5.41) is 8.46. The molecule has 0 aromatic heterocycles. The first-order valence-electron chi connectivity index (χ1n) is 8.71. The highest BCUT2D eigenvalue weighted by Crippen LogP contribution is 2.23. The van der Waals surface area contributed by atoms with Crippen LogP contribution < -0.4 is 11.2 Å². The van der Waals surface area contributed by atoms with Crippen LogP contribution in [0.2, 0.25) is 0 Å². The molecule has 0 radical (unpaired) electrons. The van der Waals surface area contributed by atoms with Crippen molar-refractivity contribution in [1.29, 1.82) is 0 Å². The van der Waals surface area contributed by atoms with Crippen LogP contribution in [0.1, 0.15) is 37.7 Å². The number of likely N-dealkylation sites (tertiary alicyclic amines) is 1. The van der Waals surface area contributed by atoms with Gasteiger partial charge in [-0.15, -0.1) is 0 Å². The van der Waals surface area contributed by atoms with E-state index >= 15 is 0 Å². The van der Waals surface area contributed by atoms with Crippen LogP contribution in [0.5, 0.6) is 0 Å². The number of nitrogens with two attached hydrogens (primary N) is 1. The lowest BCUT2D eigenvalue weighted by Gasteiger charge is -2.33. The van der Waals surface area contributed by atoms with Crippen LogP contribution in [-0.2, 0) is 16.0 Å². The number of hydrogen-bond donors (Lipinski definition) is 3. The molecule has 7 heteroatoms. The minimum absolute atomic E-state index is 0.0950. The molecule has 1 aliphatic heterocycles. The molecule has 6 nitrogen and oxygen atoms in total. The second-order valence-electron chi connectivity index (χ2n) is 6.64. The van der Waals surface area contributed by atoms with E-state index in [4.69, 9.17) is 10.9 Å². The van der Waals surface area contributed by atoms with Crippen molar-refractivity contribution in [2.45, 2.75) is 44.6 Å². The molecule has 0 aliphatic carbocycles. The molecule has 0 bridgehead atoms. The van der Waals surface area contributed by atoms with E-state index < -0.39 is 6.04 Å². The van der Waals surface area contributed by atoms with Gasteiger partial charge in [-0.3, -0.25) is 14.8 Å². The van der Waals surface area contributed by atoms with Crippen LogP contribution in [0.25, 0.3) is 0 Å². The fourth-order valence-corrected chi connectivity index (χ4v) is 3.29. The van der Waals surface area contributed by atoms with Gasteiger partial charge < -0.3 is 10.6 Å². The van der Waals surface area contributed by atoms with Gasteiger partial charge in [-0.2, -0.15) is 0 Å². The molecule has 1 atom stereocenters. The number of halogens is 1. The van der Waals surface area contributed by atoms with Crippen molar-refractivity contribution in [3.63, 3.8) is 0 Å². The van der Waals surface area contributed by atoms with Gasteiger partial charge in [0.1, 0.15) is 5.82 Å². The summed E-state index contributed by atoms with van der Waals surface area (Å²) in [6.45, 7) is 1.32. The first-order chi connectivity index (χ1) is 12.0. The Balaban J connectivity index is 1.74. The van der Waals surface area contributed by atoms with E-state index in [1.807, 2.05) is 0 Å². The van der Waals surface area contributed by atoms with Gasteiger partial charge >= 0.3 is 0 Å². The number of carbonyl (C=O) groups is 2. The lowest BCUT2D eigenvalue weighted by atomic mass is 9.91. The van der Waals surface area contributed by atoms with Crippen molar-refractivity contribution in [2.75, 3.05) is 13.1 Å². The maximum absolute atomic E-state index is 13.2. The third kappa shape index (κ3) is 6.10. The van der Waals surface area contributed by atoms with E-state index in [1.165, 1.54) is 12.1 Å². The van der Waals surface area contributed by atoms with Crippen LogP contribution in [0.4, 0.5) is 4.39 Å². The lowest BCUT2D eigenvalue weighted by molar-refractivity contribution is -0.134. The highest BCUT2D eigenvalue weighted by atomic mass is 19.1. The quantitative estimate of drug-likeness (QED) is 0.514. The molecule has 1 heterocycles. The average Bonchev–Trinajstić information content (AvgIpc) is 2.61.